The minimum atomic E-state index is 0.0155. The van der Waals surface area contributed by atoms with E-state index >= 15 is 0 Å². The molecule has 0 bridgehead atoms. The zero-order valence-corrected chi connectivity index (χ0v) is 15.6. The highest BCUT2D eigenvalue weighted by Gasteiger charge is 2.24. The molecule has 0 aromatic heterocycles. The number of carbonyl (C=O) groups is 2. The molecule has 5 nitrogen and oxygen atoms in total. The van der Waals surface area contributed by atoms with Crippen molar-refractivity contribution >= 4 is 17.5 Å². The molecule has 1 atom stereocenters. The number of hydrogen-bond donors (Lipinski definition) is 1. The van der Waals surface area contributed by atoms with Crippen molar-refractivity contribution in [2.24, 2.45) is 5.92 Å². The van der Waals surface area contributed by atoms with E-state index in [-0.39, 0.29) is 11.8 Å². The van der Waals surface area contributed by atoms with Crippen LogP contribution in [0.2, 0.25) is 0 Å². The number of carbonyl (C=O) groups excluding carboxylic acids is 2. The average molecular weight is 355 g/mol. The van der Waals surface area contributed by atoms with Crippen LogP contribution in [0.15, 0.2) is 36.4 Å². The third-order valence-electron chi connectivity index (χ3n) is 5.31. The van der Waals surface area contributed by atoms with Crippen LogP contribution in [0.25, 0.3) is 0 Å². The molecular formula is C21H29N3O2. The number of para-hydroxylation sites is 1. The normalized spacial score (nSPS) is 20.3. The van der Waals surface area contributed by atoms with E-state index in [1.54, 1.807) is 0 Å². The fourth-order valence-corrected chi connectivity index (χ4v) is 3.72. The molecule has 1 N–H and O–H groups in total. The van der Waals surface area contributed by atoms with Crippen LogP contribution in [-0.2, 0) is 16.0 Å². The second kappa shape index (κ2) is 8.99. The summed E-state index contributed by atoms with van der Waals surface area (Å²) in [5.41, 5.74) is 2.05. The summed E-state index contributed by atoms with van der Waals surface area (Å²) in [6, 6.07) is 7.93. The molecule has 2 aliphatic rings. The van der Waals surface area contributed by atoms with Crippen LogP contribution >= 0.6 is 0 Å². The van der Waals surface area contributed by atoms with E-state index in [1.165, 1.54) is 0 Å². The average Bonchev–Trinajstić information content (AvgIpc) is 3.15. The van der Waals surface area contributed by atoms with Crippen molar-refractivity contribution in [3.8, 4) is 0 Å². The van der Waals surface area contributed by atoms with Crippen molar-refractivity contribution in [1.82, 2.24) is 9.80 Å². The van der Waals surface area contributed by atoms with Crippen molar-refractivity contribution in [2.45, 2.75) is 32.6 Å². The molecule has 1 aromatic rings. The van der Waals surface area contributed by atoms with Crippen LogP contribution in [-0.4, -0.2) is 54.3 Å². The molecule has 1 aliphatic heterocycles. The van der Waals surface area contributed by atoms with Crippen molar-refractivity contribution < 1.29 is 9.59 Å². The van der Waals surface area contributed by atoms with E-state index in [1.807, 2.05) is 29.2 Å². The Balaban J connectivity index is 1.42. The molecule has 0 saturated carbocycles. The highest BCUT2D eigenvalue weighted by Crippen LogP contribution is 2.21. The summed E-state index contributed by atoms with van der Waals surface area (Å²) in [7, 11) is 0. The lowest BCUT2D eigenvalue weighted by atomic mass is 10.0. The quantitative estimate of drug-likeness (QED) is 0.798. The van der Waals surface area contributed by atoms with Crippen LogP contribution in [0.4, 0.5) is 5.69 Å². The van der Waals surface area contributed by atoms with Gasteiger partial charge in [-0.1, -0.05) is 37.3 Å². The molecule has 26 heavy (non-hydrogen) atoms. The SMILES string of the molecule is CCc1ccccc1NC(=O)CN1CCN(C(=O)C[C@H]2C=CCC2)CC1. The molecule has 0 radical (unpaired) electrons. The molecule has 140 valence electrons. The number of nitrogens with zero attached hydrogens (tertiary/aromatic N) is 2. The Morgan fingerprint density at radius 2 is 1.92 bits per heavy atom. The number of anilines is 1. The van der Waals surface area contributed by atoms with Gasteiger partial charge in [0, 0.05) is 38.3 Å². The Bertz CT molecular complexity index is 663. The van der Waals surface area contributed by atoms with E-state index in [0.29, 0.717) is 32.0 Å². The van der Waals surface area contributed by atoms with E-state index in [0.717, 1.165) is 43.6 Å². The van der Waals surface area contributed by atoms with Gasteiger partial charge in [-0.3, -0.25) is 14.5 Å². The maximum Gasteiger partial charge on any atom is 0.238 e. The molecule has 5 heteroatoms. The zero-order chi connectivity index (χ0) is 18.4. The first-order chi connectivity index (χ1) is 12.7. The number of rotatable bonds is 6. The Morgan fingerprint density at radius 1 is 1.15 bits per heavy atom. The van der Waals surface area contributed by atoms with Crippen molar-refractivity contribution in [2.75, 3.05) is 38.0 Å². The van der Waals surface area contributed by atoms with Gasteiger partial charge < -0.3 is 10.2 Å². The molecule has 1 heterocycles. The van der Waals surface area contributed by atoms with Gasteiger partial charge >= 0.3 is 0 Å². The van der Waals surface area contributed by atoms with E-state index in [4.69, 9.17) is 0 Å². The van der Waals surface area contributed by atoms with E-state index in [2.05, 4.69) is 29.3 Å². The molecule has 1 aliphatic carbocycles. The Kier molecular flexibility index (Phi) is 6.45. The van der Waals surface area contributed by atoms with Crippen molar-refractivity contribution in [3.05, 3.63) is 42.0 Å². The Labute approximate surface area is 156 Å². The van der Waals surface area contributed by atoms with Gasteiger partial charge in [0.2, 0.25) is 11.8 Å². The van der Waals surface area contributed by atoms with Gasteiger partial charge in [-0.05, 0) is 36.8 Å². The standard InChI is InChI=1S/C21H29N3O2/c1-2-18-9-5-6-10-19(18)22-20(25)16-23-11-13-24(14-12-23)21(26)15-17-7-3-4-8-17/h3,5-7,9-10,17H,2,4,8,11-16H2,1H3,(H,22,25)/t17-/m0/s1. The minimum Gasteiger partial charge on any atom is -0.340 e. The summed E-state index contributed by atoms with van der Waals surface area (Å²) in [6.45, 7) is 5.42. The lowest BCUT2D eigenvalue weighted by Gasteiger charge is -2.34. The number of piperazine rings is 1. The summed E-state index contributed by atoms with van der Waals surface area (Å²) in [5, 5.41) is 3.02. The van der Waals surface area contributed by atoms with Crippen LogP contribution < -0.4 is 5.32 Å². The van der Waals surface area contributed by atoms with Gasteiger partial charge in [0.1, 0.15) is 0 Å². The second-order valence-corrected chi connectivity index (χ2v) is 7.19. The molecule has 1 saturated heterocycles. The first kappa shape index (κ1) is 18.6. The predicted molar refractivity (Wildman–Crippen MR) is 104 cm³/mol. The number of hydrogen-bond acceptors (Lipinski definition) is 3. The number of amides is 2. The molecular weight excluding hydrogens is 326 g/mol. The van der Waals surface area contributed by atoms with E-state index in [9.17, 15) is 9.59 Å². The fourth-order valence-electron chi connectivity index (χ4n) is 3.72. The smallest absolute Gasteiger partial charge is 0.238 e. The molecule has 1 fully saturated rings. The largest absolute Gasteiger partial charge is 0.340 e. The monoisotopic (exact) mass is 355 g/mol. The van der Waals surface area contributed by atoms with Gasteiger partial charge in [-0.25, -0.2) is 0 Å². The van der Waals surface area contributed by atoms with Gasteiger partial charge in [0.25, 0.3) is 0 Å². The second-order valence-electron chi connectivity index (χ2n) is 7.19. The molecule has 1 aromatic carbocycles. The lowest BCUT2D eigenvalue weighted by molar-refractivity contribution is -0.133. The Hall–Kier alpha value is -2.14. The lowest BCUT2D eigenvalue weighted by Crippen LogP contribution is -2.50. The molecule has 2 amide bonds. The predicted octanol–water partition coefficient (Wildman–Crippen LogP) is 2.69. The third-order valence-corrected chi connectivity index (χ3v) is 5.31. The highest BCUT2D eigenvalue weighted by molar-refractivity contribution is 5.93. The van der Waals surface area contributed by atoms with Gasteiger partial charge in [0.15, 0.2) is 0 Å². The summed E-state index contributed by atoms with van der Waals surface area (Å²) in [4.78, 5) is 28.8. The van der Waals surface area contributed by atoms with Crippen LogP contribution in [0.3, 0.4) is 0 Å². The summed E-state index contributed by atoms with van der Waals surface area (Å²) < 4.78 is 0. The van der Waals surface area contributed by atoms with Crippen molar-refractivity contribution in [1.29, 1.82) is 0 Å². The number of aryl methyl sites for hydroxylation is 1. The van der Waals surface area contributed by atoms with Gasteiger partial charge in [-0.2, -0.15) is 0 Å². The van der Waals surface area contributed by atoms with Crippen LogP contribution in [0, 0.1) is 5.92 Å². The van der Waals surface area contributed by atoms with Gasteiger partial charge in [0.05, 0.1) is 6.54 Å². The maximum absolute atomic E-state index is 12.4. The molecule has 0 spiro atoms. The topological polar surface area (TPSA) is 52.7 Å². The minimum absolute atomic E-state index is 0.0155. The highest BCUT2D eigenvalue weighted by atomic mass is 16.2. The first-order valence-corrected chi connectivity index (χ1v) is 9.70. The van der Waals surface area contributed by atoms with Crippen LogP contribution in [0.1, 0.15) is 31.7 Å². The summed E-state index contributed by atoms with van der Waals surface area (Å²) >= 11 is 0. The molecule has 0 unspecified atom stereocenters. The Morgan fingerprint density at radius 3 is 2.62 bits per heavy atom. The first-order valence-electron chi connectivity index (χ1n) is 9.70. The number of benzene rings is 1. The van der Waals surface area contributed by atoms with Crippen LogP contribution in [0.5, 0.6) is 0 Å². The third kappa shape index (κ3) is 4.94. The van der Waals surface area contributed by atoms with Gasteiger partial charge in [-0.15, -0.1) is 0 Å². The summed E-state index contributed by atoms with van der Waals surface area (Å²) in [6.07, 6.45) is 8.07. The number of nitrogens with one attached hydrogen (secondary N) is 1. The maximum atomic E-state index is 12.4. The van der Waals surface area contributed by atoms with Crippen molar-refractivity contribution in [3.63, 3.8) is 0 Å². The fraction of sp³-hybridized carbons (Fsp3) is 0.524. The number of allylic oxidation sites excluding steroid dienone is 2. The zero-order valence-electron chi connectivity index (χ0n) is 15.6. The molecule has 3 rings (SSSR count). The van der Waals surface area contributed by atoms with E-state index < -0.39 is 0 Å². The summed E-state index contributed by atoms with van der Waals surface area (Å²) in [5.74, 6) is 0.689.